The fourth-order valence-electron chi connectivity index (χ4n) is 1.21. The molecule has 20 heavy (non-hydrogen) atoms. The number of aromatic nitrogens is 1. The molecule has 1 aromatic heterocycles. The second kappa shape index (κ2) is 6.76. The van der Waals surface area contributed by atoms with Crippen molar-refractivity contribution in [3.8, 4) is 0 Å². The molecule has 4 N–H and O–H groups in total. The van der Waals surface area contributed by atoms with Crippen molar-refractivity contribution in [2.24, 2.45) is 5.73 Å². The van der Waals surface area contributed by atoms with E-state index in [1.165, 1.54) is 0 Å². The Labute approximate surface area is 121 Å². The summed E-state index contributed by atoms with van der Waals surface area (Å²) in [5.41, 5.74) is 5.91. The van der Waals surface area contributed by atoms with E-state index in [0.29, 0.717) is 0 Å². The number of carboxylic acid groups (broad SMARTS) is 1. The second-order valence-electron chi connectivity index (χ2n) is 5.33. The molecule has 0 fully saturated rings. The van der Waals surface area contributed by atoms with Gasteiger partial charge < -0.3 is 15.4 Å². The van der Waals surface area contributed by atoms with Gasteiger partial charge in [-0.05, 0) is 0 Å². The molecule has 0 spiro atoms. The summed E-state index contributed by atoms with van der Waals surface area (Å²) in [5.74, 6) is -0.811. The number of nitrogens with one attached hydrogen (secondary N) is 1. The van der Waals surface area contributed by atoms with Crippen LogP contribution in [0.3, 0.4) is 0 Å². The number of anilines is 1. The van der Waals surface area contributed by atoms with Crippen LogP contribution in [0.5, 0.6) is 0 Å². The van der Waals surface area contributed by atoms with Crippen LogP contribution in [0.4, 0.5) is 5.88 Å². The van der Waals surface area contributed by atoms with Gasteiger partial charge in [0.25, 0.3) is 0 Å². The Kier molecular flexibility index (Phi) is 5.58. The van der Waals surface area contributed by atoms with E-state index < -0.39 is 12.0 Å². The van der Waals surface area contributed by atoms with E-state index in [2.05, 4.69) is 10.5 Å². The first-order valence-corrected chi connectivity index (χ1v) is 7.19. The average molecular weight is 301 g/mol. The summed E-state index contributed by atoms with van der Waals surface area (Å²) in [6, 6.07) is 0.705. The Morgan fingerprint density at radius 3 is 2.70 bits per heavy atom. The normalized spacial score (nSPS) is 13.0. The third-order valence-electron chi connectivity index (χ3n) is 2.39. The van der Waals surface area contributed by atoms with Crippen LogP contribution in [-0.2, 0) is 15.0 Å². The van der Waals surface area contributed by atoms with E-state index in [1.54, 1.807) is 6.07 Å². The minimum absolute atomic E-state index is 0.104. The summed E-state index contributed by atoms with van der Waals surface area (Å²) in [6.07, 6.45) is 0. The van der Waals surface area contributed by atoms with Gasteiger partial charge in [-0.25, -0.2) is 0 Å². The molecule has 0 saturated carbocycles. The predicted octanol–water partition coefficient (Wildman–Crippen LogP) is 1.06. The lowest BCUT2D eigenvalue weighted by atomic mass is 9.92. The first-order chi connectivity index (χ1) is 9.20. The van der Waals surface area contributed by atoms with Crippen LogP contribution < -0.4 is 11.1 Å². The quantitative estimate of drug-likeness (QED) is 0.718. The molecule has 0 aliphatic heterocycles. The van der Waals surface area contributed by atoms with Crippen LogP contribution in [0.2, 0.25) is 0 Å². The highest BCUT2D eigenvalue weighted by atomic mass is 32.2. The maximum Gasteiger partial charge on any atom is 0.321 e. The van der Waals surface area contributed by atoms with Crippen LogP contribution in [0.25, 0.3) is 0 Å². The molecule has 0 aliphatic carbocycles. The molecule has 0 aromatic carbocycles. The molecule has 0 radical (unpaired) electrons. The average Bonchev–Trinajstić information content (AvgIpc) is 2.76. The highest BCUT2D eigenvalue weighted by molar-refractivity contribution is 8.00. The van der Waals surface area contributed by atoms with E-state index in [4.69, 9.17) is 15.4 Å². The molecule has 1 aromatic rings. The Bertz CT molecular complexity index is 481. The second-order valence-corrected chi connectivity index (χ2v) is 6.36. The molecule has 1 atom stereocenters. The fourth-order valence-corrected chi connectivity index (χ4v) is 1.98. The van der Waals surface area contributed by atoms with Crippen molar-refractivity contribution < 1.29 is 19.2 Å². The van der Waals surface area contributed by atoms with E-state index in [9.17, 15) is 9.59 Å². The van der Waals surface area contributed by atoms with Gasteiger partial charge in [0.15, 0.2) is 0 Å². The van der Waals surface area contributed by atoms with Gasteiger partial charge in [0, 0.05) is 17.2 Å². The first-order valence-electron chi connectivity index (χ1n) is 6.03. The number of carbonyl (C=O) groups is 2. The molecule has 1 rings (SSSR count). The number of thioether (sulfide) groups is 1. The van der Waals surface area contributed by atoms with Crippen molar-refractivity contribution >= 4 is 29.5 Å². The van der Waals surface area contributed by atoms with Gasteiger partial charge in [-0.2, -0.15) is 0 Å². The molecular formula is C12H19N3O4S. The maximum absolute atomic E-state index is 11.6. The molecular weight excluding hydrogens is 282 g/mol. The largest absolute Gasteiger partial charge is 0.480 e. The zero-order valence-electron chi connectivity index (χ0n) is 11.7. The van der Waals surface area contributed by atoms with E-state index in [0.717, 1.165) is 17.5 Å². The summed E-state index contributed by atoms with van der Waals surface area (Å²) < 4.78 is 5.02. The van der Waals surface area contributed by atoms with Gasteiger partial charge >= 0.3 is 5.97 Å². The third-order valence-corrected chi connectivity index (χ3v) is 3.45. The lowest BCUT2D eigenvalue weighted by Crippen LogP contribution is -2.33. The number of hydrogen-bond donors (Lipinski definition) is 3. The number of nitrogens with zero attached hydrogens (tertiary/aromatic N) is 1. The van der Waals surface area contributed by atoms with Crippen LogP contribution in [0.1, 0.15) is 26.5 Å². The third kappa shape index (κ3) is 5.22. The van der Waals surface area contributed by atoms with Gasteiger partial charge in [0.05, 0.1) is 11.4 Å². The molecule has 7 nitrogen and oxygen atoms in total. The van der Waals surface area contributed by atoms with Gasteiger partial charge in [0.2, 0.25) is 11.8 Å². The summed E-state index contributed by atoms with van der Waals surface area (Å²) in [7, 11) is 0. The summed E-state index contributed by atoms with van der Waals surface area (Å²) >= 11 is 1.15. The molecule has 1 amide bonds. The molecule has 0 unspecified atom stereocenters. The monoisotopic (exact) mass is 301 g/mol. The van der Waals surface area contributed by atoms with Crippen LogP contribution in [0.15, 0.2) is 10.6 Å². The predicted molar refractivity (Wildman–Crippen MR) is 76.8 cm³/mol. The standard InChI is InChI=1S/C12H19N3O4S/c1-12(2,3)8-4-10(19-15-8)14-9(16)6-20-5-7(13)11(17)18/h4,7H,5-6,13H2,1-3H3,(H,14,16)(H,17,18)/t7-/m0/s1. The summed E-state index contributed by atoms with van der Waals surface area (Å²) in [5, 5.41) is 15.0. The Morgan fingerprint density at radius 2 is 2.20 bits per heavy atom. The fraction of sp³-hybridized carbons (Fsp3) is 0.583. The van der Waals surface area contributed by atoms with Crippen molar-refractivity contribution in [1.29, 1.82) is 0 Å². The smallest absolute Gasteiger partial charge is 0.321 e. The highest BCUT2D eigenvalue weighted by Crippen LogP contribution is 2.23. The minimum atomic E-state index is -1.08. The van der Waals surface area contributed by atoms with Crippen molar-refractivity contribution in [3.63, 3.8) is 0 Å². The highest BCUT2D eigenvalue weighted by Gasteiger charge is 2.19. The number of nitrogens with two attached hydrogens (primary N) is 1. The molecule has 1 heterocycles. The molecule has 0 saturated heterocycles. The van der Waals surface area contributed by atoms with Gasteiger partial charge in [-0.1, -0.05) is 25.9 Å². The number of aliphatic carboxylic acids is 1. The number of carboxylic acids is 1. The Balaban J connectivity index is 2.39. The first kappa shape index (κ1) is 16.5. The number of hydrogen-bond acceptors (Lipinski definition) is 6. The lowest BCUT2D eigenvalue weighted by molar-refractivity contribution is -0.137. The van der Waals surface area contributed by atoms with E-state index >= 15 is 0 Å². The van der Waals surface area contributed by atoms with Crippen molar-refractivity contribution in [2.75, 3.05) is 16.8 Å². The van der Waals surface area contributed by atoms with Crippen LogP contribution in [0, 0.1) is 0 Å². The number of carbonyl (C=O) groups excluding carboxylic acids is 1. The Morgan fingerprint density at radius 1 is 1.55 bits per heavy atom. The molecule has 112 valence electrons. The molecule has 8 heteroatoms. The zero-order chi connectivity index (χ0) is 15.3. The molecule has 0 bridgehead atoms. The van der Waals surface area contributed by atoms with Gasteiger partial charge in [0.1, 0.15) is 6.04 Å². The number of amides is 1. The number of rotatable bonds is 6. The Hall–Kier alpha value is -1.54. The van der Waals surface area contributed by atoms with Crippen molar-refractivity contribution in [1.82, 2.24) is 5.16 Å². The summed E-state index contributed by atoms with van der Waals surface area (Å²) in [6.45, 7) is 5.96. The maximum atomic E-state index is 11.6. The van der Waals surface area contributed by atoms with Crippen LogP contribution in [-0.4, -0.2) is 39.7 Å². The lowest BCUT2D eigenvalue weighted by Gasteiger charge is -2.12. The van der Waals surface area contributed by atoms with Crippen molar-refractivity contribution in [3.05, 3.63) is 11.8 Å². The zero-order valence-corrected chi connectivity index (χ0v) is 12.5. The molecule has 0 aliphatic rings. The van der Waals surface area contributed by atoms with Crippen LogP contribution >= 0.6 is 11.8 Å². The van der Waals surface area contributed by atoms with Gasteiger partial charge in [-0.3, -0.25) is 14.9 Å². The van der Waals surface area contributed by atoms with Crippen molar-refractivity contribution in [2.45, 2.75) is 32.2 Å². The van der Waals surface area contributed by atoms with E-state index in [1.807, 2.05) is 20.8 Å². The summed E-state index contributed by atoms with van der Waals surface area (Å²) in [4.78, 5) is 22.1. The SMILES string of the molecule is CC(C)(C)c1cc(NC(=O)CSC[C@H](N)C(=O)O)on1. The van der Waals surface area contributed by atoms with Gasteiger partial charge in [-0.15, -0.1) is 11.8 Å². The minimum Gasteiger partial charge on any atom is -0.480 e. The topological polar surface area (TPSA) is 118 Å². The van der Waals surface area contributed by atoms with E-state index in [-0.39, 0.29) is 28.7 Å².